The summed E-state index contributed by atoms with van der Waals surface area (Å²) in [5.41, 5.74) is 11.0. The summed E-state index contributed by atoms with van der Waals surface area (Å²) >= 11 is 0. The van der Waals surface area contributed by atoms with Gasteiger partial charge in [0, 0.05) is 60.2 Å². The van der Waals surface area contributed by atoms with Crippen LogP contribution in [-0.4, -0.2) is 28.8 Å². The molecule has 4 aromatic rings. The number of carbonyl (C=O) groups is 1. The molecule has 7 heteroatoms. The minimum atomic E-state index is -0.430. The molecule has 0 saturated carbocycles. The van der Waals surface area contributed by atoms with Crippen molar-refractivity contribution in [2.24, 2.45) is 10.7 Å². The van der Waals surface area contributed by atoms with Gasteiger partial charge >= 0.3 is 0 Å². The molecule has 3 N–H and O–H groups in total. The fourth-order valence-electron chi connectivity index (χ4n) is 3.89. The molecule has 6 nitrogen and oxygen atoms in total. The Kier molecular flexibility index (Phi) is 6.92. The molecule has 0 spiro atoms. The molecule has 0 aliphatic rings. The minimum absolute atomic E-state index is 0.0659. The van der Waals surface area contributed by atoms with Gasteiger partial charge in [-0.25, -0.2) is 4.39 Å². The van der Waals surface area contributed by atoms with Crippen molar-refractivity contribution in [3.63, 3.8) is 0 Å². The van der Waals surface area contributed by atoms with Crippen molar-refractivity contribution in [3.05, 3.63) is 106 Å². The Bertz CT molecular complexity index is 1380. The normalized spacial score (nSPS) is 11.6. The Morgan fingerprint density at radius 3 is 2.71 bits per heavy atom. The highest BCUT2D eigenvalue weighted by molar-refractivity contribution is 5.99. The summed E-state index contributed by atoms with van der Waals surface area (Å²) in [4.78, 5) is 25.5. The smallest absolute Gasteiger partial charge is 0.251 e. The lowest BCUT2D eigenvalue weighted by atomic mass is 10.00. The molecule has 2 aromatic heterocycles. The third-order valence-corrected chi connectivity index (χ3v) is 5.74. The molecule has 172 valence electrons. The van der Waals surface area contributed by atoms with E-state index in [1.807, 2.05) is 31.2 Å². The Balaban J connectivity index is 1.47. The van der Waals surface area contributed by atoms with Gasteiger partial charge < -0.3 is 11.1 Å². The highest BCUT2D eigenvalue weighted by Crippen LogP contribution is 2.18. The standard InChI is InChI=1S/C27H26FN5O/c1-3-18-13-21(24(28)15-23(18)26(29)30-2)16-33-27(34)20-8-10-31-22(14-20)12-17-6-7-25-19(11-17)5-4-9-32-25/h4-11,13-15H,3,12,16H2,1-2H3,(H2,29,30)(H,33,34). The molecule has 0 aliphatic carbocycles. The maximum atomic E-state index is 14.7. The predicted molar refractivity (Wildman–Crippen MR) is 132 cm³/mol. The third kappa shape index (κ3) is 5.09. The van der Waals surface area contributed by atoms with Gasteiger partial charge in [-0.1, -0.05) is 25.1 Å². The molecule has 1 amide bonds. The number of aryl methyl sites for hydroxylation is 1. The molecule has 0 saturated heterocycles. The molecule has 0 aliphatic heterocycles. The summed E-state index contributed by atoms with van der Waals surface area (Å²) in [6.07, 6.45) is 4.64. The number of hydrogen-bond donors (Lipinski definition) is 2. The zero-order chi connectivity index (χ0) is 24.1. The van der Waals surface area contributed by atoms with Crippen molar-refractivity contribution in [1.82, 2.24) is 15.3 Å². The zero-order valence-corrected chi connectivity index (χ0v) is 19.2. The largest absolute Gasteiger partial charge is 0.384 e. The van der Waals surface area contributed by atoms with E-state index in [-0.39, 0.29) is 12.5 Å². The monoisotopic (exact) mass is 455 g/mol. The second-order valence-corrected chi connectivity index (χ2v) is 7.99. The van der Waals surface area contributed by atoms with E-state index in [0.29, 0.717) is 35.4 Å². The van der Waals surface area contributed by atoms with E-state index in [1.54, 1.807) is 37.6 Å². The number of halogens is 1. The van der Waals surface area contributed by atoms with Crippen molar-refractivity contribution in [3.8, 4) is 0 Å². The van der Waals surface area contributed by atoms with E-state index in [2.05, 4.69) is 26.3 Å². The molecule has 0 bridgehead atoms. The Hall–Kier alpha value is -4.13. The lowest BCUT2D eigenvalue weighted by Crippen LogP contribution is -2.24. The first-order valence-corrected chi connectivity index (χ1v) is 11.1. The second kappa shape index (κ2) is 10.2. The number of pyridine rings is 2. The van der Waals surface area contributed by atoms with Crippen LogP contribution >= 0.6 is 0 Å². The number of hydrogen-bond acceptors (Lipinski definition) is 4. The summed E-state index contributed by atoms with van der Waals surface area (Å²) < 4.78 is 14.7. The van der Waals surface area contributed by atoms with Crippen LogP contribution in [0.5, 0.6) is 0 Å². The molecular weight excluding hydrogens is 429 g/mol. The second-order valence-electron chi connectivity index (χ2n) is 7.99. The number of aliphatic imine (C=N–C) groups is 1. The first-order valence-electron chi connectivity index (χ1n) is 11.1. The van der Waals surface area contributed by atoms with Gasteiger partial charge in [-0.2, -0.15) is 0 Å². The van der Waals surface area contributed by atoms with Crippen LogP contribution < -0.4 is 11.1 Å². The molecule has 0 atom stereocenters. The van der Waals surface area contributed by atoms with Crippen LogP contribution in [0, 0.1) is 5.82 Å². The van der Waals surface area contributed by atoms with Crippen LogP contribution in [0.15, 0.2) is 72.0 Å². The molecule has 0 unspecified atom stereocenters. The van der Waals surface area contributed by atoms with Gasteiger partial charge in [0.05, 0.1) is 5.52 Å². The van der Waals surface area contributed by atoms with Crippen molar-refractivity contribution < 1.29 is 9.18 Å². The lowest BCUT2D eigenvalue weighted by Gasteiger charge is -2.12. The van der Waals surface area contributed by atoms with Crippen LogP contribution in [0.3, 0.4) is 0 Å². The van der Waals surface area contributed by atoms with Gasteiger partial charge in [0.1, 0.15) is 11.7 Å². The highest BCUT2D eigenvalue weighted by atomic mass is 19.1. The van der Waals surface area contributed by atoms with Crippen LogP contribution in [0.4, 0.5) is 4.39 Å². The van der Waals surface area contributed by atoms with Crippen LogP contribution in [0.1, 0.15) is 45.2 Å². The van der Waals surface area contributed by atoms with Crippen molar-refractivity contribution in [2.75, 3.05) is 7.05 Å². The number of amides is 1. The van der Waals surface area contributed by atoms with Crippen LogP contribution in [0.2, 0.25) is 0 Å². The van der Waals surface area contributed by atoms with Gasteiger partial charge in [0.2, 0.25) is 0 Å². The number of nitrogens with two attached hydrogens (primary N) is 1. The molecular formula is C27H26FN5O. The van der Waals surface area contributed by atoms with E-state index < -0.39 is 5.82 Å². The number of carbonyl (C=O) groups excluding carboxylic acids is 1. The molecule has 2 heterocycles. The Morgan fingerprint density at radius 1 is 1.06 bits per heavy atom. The van der Waals surface area contributed by atoms with E-state index >= 15 is 0 Å². The number of amidine groups is 1. The SMILES string of the molecule is CCc1cc(CNC(=O)c2ccnc(Cc3ccc4ncccc4c3)c2)c(F)cc1C(N)=NC. The summed E-state index contributed by atoms with van der Waals surface area (Å²) in [5, 5.41) is 3.86. The predicted octanol–water partition coefficient (Wildman–Crippen LogP) is 4.19. The van der Waals surface area contributed by atoms with E-state index in [9.17, 15) is 9.18 Å². The quantitative estimate of drug-likeness (QED) is 0.323. The first-order chi connectivity index (χ1) is 16.5. The molecule has 4 rings (SSSR count). The maximum Gasteiger partial charge on any atom is 0.251 e. The van der Waals surface area contributed by atoms with Crippen molar-refractivity contribution >= 4 is 22.6 Å². The Labute approximate surface area is 197 Å². The number of nitrogens with zero attached hydrogens (tertiary/aromatic N) is 3. The topological polar surface area (TPSA) is 93.3 Å². The third-order valence-electron chi connectivity index (χ3n) is 5.74. The fraction of sp³-hybridized carbons (Fsp3) is 0.185. The average molecular weight is 456 g/mol. The summed E-state index contributed by atoms with van der Waals surface area (Å²) in [7, 11) is 1.57. The molecule has 0 radical (unpaired) electrons. The van der Waals surface area contributed by atoms with Crippen LogP contribution in [0.25, 0.3) is 10.9 Å². The maximum absolute atomic E-state index is 14.7. The summed E-state index contributed by atoms with van der Waals surface area (Å²) in [5.74, 6) is -0.429. The van der Waals surface area contributed by atoms with Gasteiger partial charge in [-0.05, 0) is 53.9 Å². The van der Waals surface area contributed by atoms with Gasteiger partial charge in [-0.3, -0.25) is 19.8 Å². The molecule has 2 aromatic carbocycles. The average Bonchev–Trinajstić information content (AvgIpc) is 2.87. The fourth-order valence-corrected chi connectivity index (χ4v) is 3.89. The van der Waals surface area contributed by atoms with Crippen LogP contribution in [-0.2, 0) is 19.4 Å². The molecule has 0 fully saturated rings. The van der Waals surface area contributed by atoms with E-state index in [4.69, 9.17) is 5.73 Å². The minimum Gasteiger partial charge on any atom is -0.384 e. The van der Waals surface area contributed by atoms with E-state index in [0.717, 1.165) is 27.7 Å². The van der Waals surface area contributed by atoms with Gasteiger partial charge in [0.25, 0.3) is 5.91 Å². The van der Waals surface area contributed by atoms with Gasteiger partial charge in [-0.15, -0.1) is 0 Å². The summed E-state index contributed by atoms with van der Waals surface area (Å²) in [6.45, 7) is 2.03. The lowest BCUT2D eigenvalue weighted by molar-refractivity contribution is 0.0950. The van der Waals surface area contributed by atoms with E-state index in [1.165, 1.54) is 6.07 Å². The highest BCUT2D eigenvalue weighted by Gasteiger charge is 2.14. The number of rotatable bonds is 7. The van der Waals surface area contributed by atoms with Crippen molar-refractivity contribution in [1.29, 1.82) is 0 Å². The number of aromatic nitrogens is 2. The van der Waals surface area contributed by atoms with Crippen molar-refractivity contribution in [2.45, 2.75) is 26.3 Å². The number of nitrogens with one attached hydrogen (secondary N) is 1. The Morgan fingerprint density at radius 2 is 1.91 bits per heavy atom. The summed E-state index contributed by atoms with van der Waals surface area (Å²) in [6, 6.07) is 16.5. The number of benzene rings is 2. The molecule has 34 heavy (non-hydrogen) atoms. The zero-order valence-electron chi connectivity index (χ0n) is 19.2. The first kappa shape index (κ1) is 23.0. The number of fused-ring (bicyclic) bond motifs is 1. The van der Waals surface area contributed by atoms with Gasteiger partial charge in [0.15, 0.2) is 0 Å².